The summed E-state index contributed by atoms with van der Waals surface area (Å²) in [7, 11) is 4.19. The van der Waals surface area contributed by atoms with Gasteiger partial charge in [-0.3, -0.25) is 9.59 Å². The Morgan fingerprint density at radius 3 is 1.16 bits per heavy atom. The van der Waals surface area contributed by atoms with Crippen LogP contribution in [-0.2, 0) is 20.4 Å². The molecule has 0 saturated heterocycles. The summed E-state index contributed by atoms with van der Waals surface area (Å²) in [5, 5.41) is 5.84. The lowest BCUT2D eigenvalue weighted by atomic mass is 9.71. The summed E-state index contributed by atoms with van der Waals surface area (Å²) in [6.45, 7) is 2.27. The Morgan fingerprint density at radius 1 is 0.568 bits per heavy atom. The zero-order valence-corrected chi connectivity index (χ0v) is 28.2. The number of nitrogens with zero attached hydrogens (tertiary/aromatic N) is 1. The van der Waals surface area contributed by atoms with Crippen LogP contribution in [0.3, 0.4) is 0 Å². The monoisotopic (exact) mass is 703 g/mol. The molecule has 5 nitrogen and oxygen atoms in total. The number of carbonyl (C=O) groups excluding carboxylic acids is 2. The van der Waals surface area contributed by atoms with Gasteiger partial charge in [0.25, 0.3) is 0 Å². The minimum atomic E-state index is -0.195. The lowest BCUT2D eigenvalue weighted by Gasteiger charge is -2.35. The third-order valence-corrected chi connectivity index (χ3v) is 8.99. The van der Waals surface area contributed by atoms with Crippen molar-refractivity contribution in [3.8, 4) is 0 Å². The predicted octanol–water partition coefficient (Wildman–Crippen LogP) is 6.99. The zero-order valence-electron chi connectivity index (χ0n) is 26.0. The number of amides is 2. The Labute approximate surface area is 277 Å². The van der Waals surface area contributed by atoms with Crippen LogP contribution in [0.1, 0.15) is 47.9 Å². The number of hydrogen-bond donors (Lipinski definition) is 2. The Kier molecular flexibility index (Phi) is 15.1. The molecule has 4 aromatic carbocycles. The fraction of sp³-hybridized carbons (Fsp3) is 0.316. The maximum Gasteiger partial charge on any atom is 0.207 e. The van der Waals surface area contributed by atoms with Gasteiger partial charge in [-0.25, -0.2) is 0 Å². The minimum Gasteiger partial charge on any atom is -0.357 e. The standard InChI is InChI=1S/C20H26N2O.C18H20INO/c1-22(2)15-9-14-20(16-21-17-23,18-10-5-3-6-11-18)19-12-7-4-8-13-19;19-13-7-12-18(14-20-15-21,16-8-3-1-4-9-16)17-10-5-2-6-11-17/h3-8,10-13,17H,9,14-16H2,1-2H3,(H,21,23);1-6,8-11,15H,7,12-14H2,(H,20,21). The van der Waals surface area contributed by atoms with Crippen LogP contribution in [0, 0.1) is 0 Å². The van der Waals surface area contributed by atoms with Gasteiger partial charge in [-0.05, 0) is 73.0 Å². The second-order valence-electron chi connectivity index (χ2n) is 11.3. The molecule has 4 aromatic rings. The number of nitrogens with one attached hydrogen (secondary N) is 2. The van der Waals surface area contributed by atoms with E-state index < -0.39 is 0 Å². The molecule has 0 aliphatic heterocycles. The molecule has 2 N–H and O–H groups in total. The molecule has 44 heavy (non-hydrogen) atoms. The van der Waals surface area contributed by atoms with Gasteiger partial charge in [0, 0.05) is 23.9 Å². The fourth-order valence-electron chi connectivity index (χ4n) is 6.02. The van der Waals surface area contributed by atoms with E-state index in [0.29, 0.717) is 13.1 Å². The number of carbonyl (C=O) groups is 2. The van der Waals surface area contributed by atoms with Crippen LogP contribution in [0.4, 0.5) is 0 Å². The molecule has 232 valence electrons. The molecule has 6 heteroatoms. The van der Waals surface area contributed by atoms with Gasteiger partial charge in [0.05, 0.1) is 0 Å². The van der Waals surface area contributed by atoms with E-state index in [2.05, 4.69) is 149 Å². The Morgan fingerprint density at radius 2 is 0.886 bits per heavy atom. The summed E-state index contributed by atoms with van der Waals surface area (Å²) < 4.78 is 1.11. The van der Waals surface area contributed by atoms with Gasteiger partial charge in [0.1, 0.15) is 0 Å². The molecule has 0 radical (unpaired) electrons. The molecule has 0 aliphatic carbocycles. The van der Waals surface area contributed by atoms with Gasteiger partial charge in [-0.1, -0.05) is 144 Å². The fourth-order valence-corrected chi connectivity index (χ4v) is 6.40. The largest absolute Gasteiger partial charge is 0.357 e. The molecule has 0 heterocycles. The highest BCUT2D eigenvalue weighted by Gasteiger charge is 2.34. The topological polar surface area (TPSA) is 61.4 Å². The van der Waals surface area contributed by atoms with Gasteiger partial charge >= 0.3 is 0 Å². The quantitative estimate of drug-likeness (QED) is 0.0709. The molecule has 4 rings (SSSR count). The van der Waals surface area contributed by atoms with E-state index in [0.717, 1.165) is 49.5 Å². The molecule has 0 bridgehead atoms. The average molecular weight is 704 g/mol. The third kappa shape index (κ3) is 9.76. The van der Waals surface area contributed by atoms with Crippen molar-refractivity contribution in [3.05, 3.63) is 144 Å². The highest BCUT2D eigenvalue weighted by atomic mass is 127. The van der Waals surface area contributed by atoms with Crippen LogP contribution in [0.15, 0.2) is 121 Å². The molecule has 0 unspecified atom stereocenters. The summed E-state index contributed by atoms with van der Waals surface area (Å²) in [5.41, 5.74) is 4.66. The van der Waals surface area contributed by atoms with E-state index in [1.54, 1.807) is 0 Å². The maximum absolute atomic E-state index is 11.0. The minimum absolute atomic E-state index is 0.158. The van der Waals surface area contributed by atoms with Crippen molar-refractivity contribution in [2.45, 2.75) is 36.5 Å². The summed E-state index contributed by atoms with van der Waals surface area (Å²) in [6.07, 6.45) is 5.78. The summed E-state index contributed by atoms with van der Waals surface area (Å²) in [6, 6.07) is 42.0. The number of halogens is 1. The van der Waals surface area contributed by atoms with Crippen molar-refractivity contribution in [2.24, 2.45) is 0 Å². The van der Waals surface area contributed by atoms with Crippen molar-refractivity contribution < 1.29 is 9.59 Å². The third-order valence-electron chi connectivity index (χ3n) is 8.23. The van der Waals surface area contributed by atoms with Crippen molar-refractivity contribution in [1.82, 2.24) is 15.5 Å². The summed E-state index contributed by atoms with van der Waals surface area (Å²) in [5.74, 6) is 0. The van der Waals surface area contributed by atoms with E-state index in [4.69, 9.17) is 0 Å². The molecule has 2 amide bonds. The van der Waals surface area contributed by atoms with Gasteiger partial charge < -0.3 is 15.5 Å². The lowest BCUT2D eigenvalue weighted by molar-refractivity contribution is -0.110. The number of rotatable bonds is 17. The van der Waals surface area contributed by atoms with Gasteiger partial charge in [0.2, 0.25) is 12.8 Å². The zero-order chi connectivity index (χ0) is 31.5. The Bertz CT molecular complexity index is 1260. The van der Waals surface area contributed by atoms with E-state index in [9.17, 15) is 9.59 Å². The molecule has 0 aromatic heterocycles. The van der Waals surface area contributed by atoms with Crippen LogP contribution < -0.4 is 10.6 Å². The molecule has 0 atom stereocenters. The first kappa shape index (κ1) is 35.0. The predicted molar refractivity (Wildman–Crippen MR) is 191 cm³/mol. The number of benzene rings is 4. The number of alkyl halides is 1. The van der Waals surface area contributed by atoms with Crippen molar-refractivity contribution >= 4 is 35.4 Å². The molecular weight excluding hydrogens is 657 g/mol. The Balaban J connectivity index is 0.000000241. The second-order valence-corrected chi connectivity index (χ2v) is 12.4. The van der Waals surface area contributed by atoms with Crippen LogP contribution >= 0.6 is 22.6 Å². The molecule has 0 aliphatic rings. The van der Waals surface area contributed by atoms with Crippen LogP contribution in [0.2, 0.25) is 0 Å². The molecular formula is C38H46IN3O2. The van der Waals surface area contributed by atoms with Crippen LogP contribution in [-0.4, -0.2) is 55.9 Å². The lowest BCUT2D eigenvalue weighted by Crippen LogP contribution is -2.39. The van der Waals surface area contributed by atoms with Gasteiger partial charge in [-0.15, -0.1) is 0 Å². The first-order chi connectivity index (χ1) is 21.5. The first-order valence-electron chi connectivity index (χ1n) is 15.3. The SMILES string of the molecule is CN(C)CCCC(CNC=O)(c1ccccc1)c1ccccc1.O=CNCC(CCCI)(c1ccccc1)c1ccccc1. The van der Waals surface area contributed by atoms with Gasteiger partial charge in [-0.2, -0.15) is 0 Å². The van der Waals surface area contributed by atoms with E-state index in [1.165, 1.54) is 22.3 Å². The summed E-state index contributed by atoms with van der Waals surface area (Å²) in [4.78, 5) is 24.1. The average Bonchev–Trinajstić information content (AvgIpc) is 3.08. The highest BCUT2D eigenvalue weighted by Crippen LogP contribution is 2.37. The molecule has 0 saturated carbocycles. The highest BCUT2D eigenvalue weighted by molar-refractivity contribution is 14.1. The van der Waals surface area contributed by atoms with Crippen LogP contribution in [0.5, 0.6) is 0 Å². The van der Waals surface area contributed by atoms with E-state index in [1.807, 2.05) is 24.3 Å². The van der Waals surface area contributed by atoms with Gasteiger partial charge in [0.15, 0.2) is 0 Å². The van der Waals surface area contributed by atoms with Crippen molar-refractivity contribution in [2.75, 3.05) is 38.2 Å². The maximum atomic E-state index is 11.0. The van der Waals surface area contributed by atoms with Crippen molar-refractivity contribution in [3.63, 3.8) is 0 Å². The summed E-state index contributed by atoms with van der Waals surface area (Å²) >= 11 is 2.41. The smallest absolute Gasteiger partial charge is 0.207 e. The van der Waals surface area contributed by atoms with E-state index >= 15 is 0 Å². The Hall–Kier alpha value is -3.49. The molecule has 0 spiro atoms. The second kappa shape index (κ2) is 19.0. The van der Waals surface area contributed by atoms with Crippen LogP contribution in [0.25, 0.3) is 0 Å². The van der Waals surface area contributed by atoms with E-state index in [-0.39, 0.29) is 10.8 Å². The first-order valence-corrected chi connectivity index (χ1v) is 16.8. The number of hydrogen-bond acceptors (Lipinski definition) is 3. The molecule has 0 fully saturated rings. The van der Waals surface area contributed by atoms with Crippen molar-refractivity contribution in [1.29, 1.82) is 0 Å². The normalized spacial score (nSPS) is 11.3.